The van der Waals surface area contributed by atoms with Gasteiger partial charge in [-0.15, -0.1) is 0 Å². The van der Waals surface area contributed by atoms with Crippen LogP contribution in [0.4, 0.5) is 10.1 Å². The first-order chi connectivity index (χ1) is 14.0. The minimum atomic E-state index is -0.443. The monoisotopic (exact) mass is 414 g/mol. The van der Waals surface area contributed by atoms with Crippen LogP contribution >= 0.6 is 11.8 Å². The first-order valence-electron chi connectivity index (χ1n) is 8.86. The fraction of sp³-hybridized carbons (Fsp3) is 0.190. The molecule has 0 radical (unpaired) electrons. The molecule has 2 aromatic carbocycles. The van der Waals surface area contributed by atoms with Gasteiger partial charge in [0.05, 0.1) is 17.2 Å². The third-order valence-corrected chi connectivity index (χ3v) is 4.93. The number of esters is 1. The Bertz CT molecular complexity index is 973. The summed E-state index contributed by atoms with van der Waals surface area (Å²) >= 11 is 1.23. The molecule has 1 aliphatic rings. The van der Waals surface area contributed by atoms with E-state index in [-0.39, 0.29) is 18.3 Å². The highest BCUT2D eigenvalue weighted by Crippen LogP contribution is 2.33. The van der Waals surface area contributed by atoms with Crippen LogP contribution in [-0.2, 0) is 14.3 Å². The summed E-state index contributed by atoms with van der Waals surface area (Å²) in [7, 11) is 1.64. The van der Waals surface area contributed by atoms with Crippen LogP contribution in [0.2, 0.25) is 0 Å². The van der Waals surface area contributed by atoms with Gasteiger partial charge >= 0.3 is 5.97 Å². The van der Waals surface area contributed by atoms with E-state index in [1.165, 1.54) is 28.8 Å². The molecule has 6 nitrogen and oxygen atoms in total. The van der Waals surface area contributed by atoms with E-state index in [2.05, 4.69) is 4.99 Å². The van der Waals surface area contributed by atoms with Crippen molar-refractivity contribution in [1.29, 1.82) is 0 Å². The summed E-state index contributed by atoms with van der Waals surface area (Å²) in [6.07, 6.45) is 1.73. The van der Waals surface area contributed by atoms with Crippen molar-refractivity contribution in [2.75, 3.05) is 20.3 Å². The van der Waals surface area contributed by atoms with Crippen molar-refractivity contribution in [1.82, 2.24) is 4.90 Å². The number of amides is 1. The van der Waals surface area contributed by atoms with Crippen molar-refractivity contribution < 1.29 is 23.5 Å². The number of thioether (sulfide) groups is 1. The summed E-state index contributed by atoms with van der Waals surface area (Å²) in [6.45, 7) is 1.84. The van der Waals surface area contributed by atoms with Gasteiger partial charge in [-0.05, 0) is 66.7 Å². The second-order valence-electron chi connectivity index (χ2n) is 6.01. The molecule has 150 valence electrons. The summed E-state index contributed by atoms with van der Waals surface area (Å²) in [6, 6.07) is 12.8. The standard InChI is InChI=1S/C21H19FN2O4S/c1-3-27-19(25)13-28-17-6-4-5-14(11-17)12-18-20(26)24(2)21(29-18)23-16-9-7-15(22)8-10-16/h4-12H,3,13H2,1-2H3/b18-12+,23-21?. The normalized spacial score (nSPS) is 16.5. The lowest BCUT2D eigenvalue weighted by molar-refractivity contribution is -0.145. The Hall–Kier alpha value is -3.13. The van der Waals surface area contributed by atoms with Gasteiger partial charge in [-0.1, -0.05) is 12.1 Å². The predicted octanol–water partition coefficient (Wildman–Crippen LogP) is 4.00. The van der Waals surface area contributed by atoms with E-state index < -0.39 is 5.97 Å². The largest absolute Gasteiger partial charge is 0.482 e. The molecule has 29 heavy (non-hydrogen) atoms. The molecule has 0 bridgehead atoms. The second-order valence-corrected chi connectivity index (χ2v) is 7.02. The smallest absolute Gasteiger partial charge is 0.344 e. The van der Waals surface area contributed by atoms with Crippen molar-refractivity contribution in [3.8, 4) is 5.75 Å². The Balaban J connectivity index is 1.75. The number of halogens is 1. The fourth-order valence-corrected chi connectivity index (χ4v) is 3.45. The highest BCUT2D eigenvalue weighted by atomic mass is 32.2. The molecule has 8 heteroatoms. The van der Waals surface area contributed by atoms with Crippen LogP contribution < -0.4 is 4.74 Å². The van der Waals surface area contributed by atoms with Crippen LogP contribution in [0.15, 0.2) is 58.4 Å². The Morgan fingerprint density at radius 2 is 2.00 bits per heavy atom. The number of aliphatic imine (C=N–C) groups is 1. The molecule has 2 aromatic rings. The maximum Gasteiger partial charge on any atom is 0.344 e. The summed E-state index contributed by atoms with van der Waals surface area (Å²) in [5, 5.41) is 0.502. The number of rotatable bonds is 6. The van der Waals surface area contributed by atoms with Gasteiger partial charge in [0, 0.05) is 7.05 Å². The number of carbonyl (C=O) groups is 2. The lowest BCUT2D eigenvalue weighted by Crippen LogP contribution is -2.23. The van der Waals surface area contributed by atoms with Crippen LogP contribution in [-0.4, -0.2) is 42.2 Å². The zero-order valence-corrected chi connectivity index (χ0v) is 16.7. The second kappa shape index (κ2) is 9.38. The molecule has 1 aliphatic heterocycles. The zero-order valence-electron chi connectivity index (χ0n) is 15.9. The molecule has 3 rings (SSSR count). The summed E-state index contributed by atoms with van der Waals surface area (Å²) in [5.41, 5.74) is 1.31. The minimum absolute atomic E-state index is 0.182. The van der Waals surface area contributed by atoms with Crippen molar-refractivity contribution in [3.63, 3.8) is 0 Å². The number of hydrogen-bond acceptors (Lipinski definition) is 6. The van der Waals surface area contributed by atoms with Gasteiger partial charge in [0.1, 0.15) is 11.6 Å². The maximum absolute atomic E-state index is 13.1. The summed E-state index contributed by atoms with van der Waals surface area (Å²) in [5.74, 6) is -0.478. The van der Waals surface area contributed by atoms with Gasteiger partial charge in [-0.3, -0.25) is 9.69 Å². The van der Waals surface area contributed by atoms with Crippen LogP contribution in [0.25, 0.3) is 6.08 Å². The molecule has 0 spiro atoms. The van der Waals surface area contributed by atoms with Crippen LogP contribution in [0, 0.1) is 5.82 Å². The maximum atomic E-state index is 13.1. The average Bonchev–Trinajstić information content (AvgIpc) is 2.96. The van der Waals surface area contributed by atoms with Crippen molar-refractivity contribution >= 4 is 40.6 Å². The van der Waals surface area contributed by atoms with Gasteiger partial charge in [0.25, 0.3) is 5.91 Å². The van der Waals surface area contributed by atoms with E-state index in [0.717, 1.165) is 5.56 Å². The summed E-state index contributed by atoms with van der Waals surface area (Å²) in [4.78, 5) is 30.3. The number of ether oxygens (including phenoxy) is 2. The lowest BCUT2D eigenvalue weighted by atomic mass is 10.2. The third kappa shape index (κ3) is 5.45. The minimum Gasteiger partial charge on any atom is -0.482 e. The molecule has 0 aliphatic carbocycles. The molecule has 0 atom stereocenters. The zero-order chi connectivity index (χ0) is 20.8. The molecule has 1 heterocycles. The highest BCUT2D eigenvalue weighted by Gasteiger charge is 2.30. The van der Waals surface area contributed by atoms with Crippen LogP contribution in [0.5, 0.6) is 5.75 Å². The van der Waals surface area contributed by atoms with E-state index in [1.54, 1.807) is 50.4 Å². The Labute approximate surface area is 172 Å². The molecular weight excluding hydrogens is 395 g/mol. The average molecular weight is 414 g/mol. The number of nitrogens with zero attached hydrogens (tertiary/aromatic N) is 2. The topological polar surface area (TPSA) is 68.2 Å². The van der Waals surface area contributed by atoms with E-state index in [0.29, 0.717) is 28.1 Å². The number of benzene rings is 2. The number of carbonyl (C=O) groups excluding carboxylic acids is 2. The van der Waals surface area contributed by atoms with Crippen molar-refractivity contribution in [3.05, 3.63) is 64.8 Å². The van der Waals surface area contributed by atoms with Gasteiger partial charge in [0.2, 0.25) is 0 Å². The van der Waals surface area contributed by atoms with Crippen LogP contribution in [0.3, 0.4) is 0 Å². The highest BCUT2D eigenvalue weighted by molar-refractivity contribution is 8.18. The summed E-state index contributed by atoms with van der Waals surface area (Å²) < 4.78 is 23.3. The van der Waals surface area contributed by atoms with Gasteiger partial charge in [-0.2, -0.15) is 0 Å². The van der Waals surface area contributed by atoms with E-state index >= 15 is 0 Å². The molecule has 1 amide bonds. The molecule has 0 aromatic heterocycles. The first kappa shape index (κ1) is 20.6. The molecule has 0 unspecified atom stereocenters. The van der Waals surface area contributed by atoms with E-state index in [9.17, 15) is 14.0 Å². The molecule has 0 N–H and O–H groups in total. The Morgan fingerprint density at radius 1 is 1.24 bits per heavy atom. The number of likely N-dealkylation sites (N-methyl/N-ethyl adjacent to an activating group) is 1. The van der Waals surface area contributed by atoms with Gasteiger partial charge in [-0.25, -0.2) is 14.2 Å². The Kier molecular flexibility index (Phi) is 6.66. The van der Waals surface area contributed by atoms with Crippen molar-refractivity contribution in [2.45, 2.75) is 6.92 Å². The lowest BCUT2D eigenvalue weighted by Gasteiger charge is -2.07. The first-order valence-corrected chi connectivity index (χ1v) is 9.68. The molecular formula is C21H19FN2O4S. The Morgan fingerprint density at radius 3 is 2.72 bits per heavy atom. The van der Waals surface area contributed by atoms with Crippen molar-refractivity contribution in [2.24, 2.45) is 4.99 Å². The third-order valence-electron chi connectivity index (χ3n) is 3.87. The fourth-order valence-electron chi connectivity index (χ4n) is 2.47. The number of amidine groups is 1. The molecule has 1 fully saturated rings. The SMILES string of the molecule is CCOC(=O)COc1cccc(/C=C2/SC(=Nc3ccc(F)cc3)N(C)C2=O)c1. The van der Waals surface area contributed by atoms with E-state index in [4.69, 9.17) is 9.47 Å². The van der Waals surface area contributed by atoms with Gasteiger partial charge < -0.3 is 9.47 Å². The molecule has 0 saturated carbocycles. The van der Waals surface area contributed by atoms with Gasteiger partial charge in [0.15, 0.2) is 11.8 Å². The predicted molar refractivity (Wildman–Crippen MR) is 110 cm³/mol. The molecule has 1 saturated heterocycles. The van der Waals surface area contributed by atoms with Crippen LogP contribution in [0.1, 0.15) is 12.5 Å². The van der Waals surface area contributed by atoms with E-state index in [1.807, 2.05) is 6.07 Å². The number of hydrogen-bond donors (Lipinski definition) is 0. The quantitative estimate of drug-likeness (QED) is 0.528.